The molecule has 11 heteroatoms. The number of fused-ring (bicyclic) bond motifs is 1. The third-order valence-corrected chi connectivity index (χ3v) is 9.48. The molecule has 3 heterocycles. The average molecular weight is 543 g/mol. The fourth-order valence-corrected chi connectivity index (χ4v) is 6.85. The zero-order valence-electron chi connectivity index (χ0n) is 22.2. The fourth-order valence-electron chi connectivity index (χ4n) is 4.73. The number of carbonyl (C=O) groups is 1. The number of hydrogen-bond donors (Lipinski definition) is 1. The van der Waals surface area contributed by atoms with Crippen LogP contribution in [0.25, 0.3) is 10.7 Å². The van der Waals surface area contributed by atoms with Gasteiger partial charge < -0.3 is 5.73 Å². The van der Waals surface area contributed by atoms with Crippen LogP contribution in [0.3, 0.4) is 0 Å². The van der Waals surface area contributed by atoms with Gasteiger partial charge in [0.25, 0.3) is 5.56 Å². The number of aromatic nitrogens is 5. The van der Waals surface area contributed by atoms with Gasteiger partial charge in [0.1, 0.15) is 11.4 Å². The number of aryl methyl sites for hydroxylation is 1. The molecule has 0 amide bonds. The number of ketones is 1. The average Bonchev–Trinajstić information content (AvgIpc) is 3.44. The topological polar surface area (TPSA) is 118 Å². The molecular weight excluding hydrogens is 508 g/mol. The molecule has 3 aromatic rings. The lowest BCUT2D eigenvalue weighted by Crippen LogP contribution is -2.42. The molecule has 37 heavy (non-hydrogen) atoms. The molecule has 0 saturated heterocycles. The summed E-state index contributed by atoms with van der Waals surface area (Å²) in [5.74, 6) is 0.778. The van der Waals surface area contributed by atoms with Crippen molar-refractivity contribution < 1.29 is 4.79 Å². The second-order valence-electron chi connectivity index (χ2n) is 10.7. The Balaban J connectivity index is 1.64. The summed E-state index contributed by atoms with van der Waals surface area (Å²) in [6, 6.07) is 2.24. The van der Waals surface area contributed by atoms with Crippen molar-refractivity contribution >= 4 is 34.7 Å². The maximum Gasteiger partial charge on any atom is 0.332 e. The predicted octanol–water partition coefficient (Wildman–Crippen LogP) is 3.69. The van der Waals surface area contributed by atoms with Gasteiger partial charge in [-0.3, -0.25) is 23.3 Å². The molecular formula is C26H34N6O3S2. The third kappa shape index (κ3) is 4.98. The monoisotopic (exact) mass is 542 g/mol. The normalized spacial score (nSPS) is 16.4. The first-order valence-corrected chi connectivity index (χ1v) is 14.0. The molecule has 0 fully saturated rings. The fraction of sp³-hybridized carbons (Fsp3) is 0.500. The Labute approximate surface area is 224 Å². The van der Waals surface area contributed by atoms with E-state index in [1.165, 1.54) is 42.7 Å². The second-order valence-corrected chi connectivity index (χ2v) is 13.1. The Hall–Kier alpha value is -2.92. The van der Waals surface area contributed by atoms with Crippen molar-refractivity contribution in [1.29, 1.82) is 0 Å². The van der Waals surface area contributed by atoms with E-state index < -0.39 is 22.3 Å². The number of thiophene rings is 1. The molecule has 0 radical (unpaired) electrons. The number of nitrogen functional groups attached to an aromatic ring is 1. The van der Waals surface area contributed by atoms with Crippen LogP contribution in [0.2, 0.25) is 0 Å². The molecule has 2 unspecified atom stereocenters. The van der Waals surface area contributed by atoms with Crippen molar-refractivity contribution in [2.24, 2.45) is 25.4 Å². The van der Waals surface area contributed by atoms with Gasteiger partial charge in [0, 0.05) is 25.5 Å². The molecule has 0 saturated carbocycles. The Kier molecular flexibility index (Phi) is 7.40. The van der Waals surface area contributed by atoms with Crippen LogP contribution in [0.1, 0.15) is 54.9 Å². The number of nitrogens with zero attached hydrogens (tertiary/aromatic N) is 5. The largest absolute Gasteiger partial charge is 0.384 e. The number of rotatable bonds is 7. The van der Waals surface area contributed by atoms with Crippen LogP contribution < -0.4 is 17.0 Å². The van der Waals surface area contributed by atoms with Crippen molar-refractivity contribution in [3.63, 3.8) is 0 Å². The Morgan fingerprint density at radius 2 is 2.00 bits per heavy atom. The van der Waals surface area contributed by atoms with E-state index in [9.17, 15) is 14.4 Å². The van der Waals surface area contributed by atoms with Gasteiger partial charge in [0.05, 0.1) is 10.1 Å². The summed E-state index contributed by atoms with van der Waals surface area (Å²) in [4.78, 5) is 40.6. The van der Waals surface area contributed by atoms with E-state index in [-0.39, 0.29) is 16.8 Å². The number of thioether (sulfide) groups is 1. The summed E-state index contributed by atoms with van der Waals surface area (Å²) in [5, 5.41) is 8.75. The second kappa shape index (κ2) is 10.1. The van der Waals surface area contributed by atoms with Gasteiger partial charge in [0.2, 0.25) is 0 Å². The van der Waals surface area contributed by atoms with Gasteiger partial charge in [-0.25, -0.2) is 4.79 Å². The summed E-state index contributed by atoms with van der Waals surface area (Å²) >= 11 is 2.96. The lowest BCUT2D eigenvalue weighted by molar-refractivity contribution is 0.0992. The molecule has 2 N–H and O–H groups in total. The molecule has 2 atom stereocenters. The van der Waals surface area contributed by atoms with E-state index in [1.807, 2.05) is 4.57 Å². The van der Waals surface area contributed by atoms with Crippen molar-refractivity contribution in [3.05, 3.63) is 55.6 Å². The van der Waals surface area contributed by atoms with Gasteiger partial charge in [-0.05, 0) is 49.1 Å². The molecule has 0 bridgehead atoms. The SMILES string of the molecule is C=CCn1c(SC(C)C(=O)c2c(N)n(C)c(=O)n(C)c2=O)nnc1-c1cc2c(s1)CCC(C(C)(C)C)C2. The number of hydrogen-bond acceptors (Lipinski definition) is 8. The highest BCUT2D eigenvalue weighted by atomic mass is 32.2. The highest BCUT2D eigenvalue weighted by molar-refractivity contribution is 8.00. The van der Waals surface area contributed by atoms with Crippen molar-refractivity contribution in [2.75, 3.05) is 5.73 Å². The van der Waals surface area contributed by atoms with E-state index in [1.54, 1.807) is 24.3 Å². The minimum absolute atomic E-state index is 0.142. The summed E-state index contributed by atoms with van der Waals surface area (Å²) in [6.45, 7) is 13.0. The van der Waals surface area contributed by atoms with Crippen molar-refractivity contribution in [3.8, 4) is 10.7 Å². The number of anilines is 1. The smallest absolute Gasteiger partial charge is 0.332 e. The number of carbonyl (C=O) groups excluding carboxylic acids is 1. The summed E-state index contributed by atoms with van der Waals surface area (Å²) in [5.41, 5.74) is 6.18. The van der Waals surface area contributed by atoms with Crippen LogP contribution in [-0.2, 0) is 33.5 Å². The third-order valence-electron chi connectivity index (χ3n) is 7.16. The molecule has 1 aliphatic carbocycles. The molecule has 9 nitrogen and oxygen atoms in total. The number of allylic oxidation sites excluding steroid dienone is 1. The Morgan fingerprint density at radius 3 is 2.65 bits per heavy atom. The zero-order chi connectivity index (χ0) is 27.2. The number of Topliss-reactive ketones (excluding diaryl/α,β-unsaturated/α-hetero) is 1. The van der Waals surface area contributed by atoms with Gasteiger partial charge in [-0.1, -0.05) is 38.6 Å². The van der Waals surface area contributed by atoms with Crippen LogP contribution in [-0.4, -0.2) is 34.9 Å². The molecule has 0 spiro atoms. The minimum Gasteiger partial charge on any atom is -0.384 e. The van der Waals surface area contributed by atoms with Crippen molar-refractivity contribution in [2.45, 2.75) is 63.9 Å². The highest BCUT2D eigenvalue weighted by Gasteiger charge is 2.31. The number of nitrogens with two attached hydrogens (primary N) is 1. The first-order valence-electron chi connectivity index (χ1n) is 12.3. The maximum absolute atomic E-state index is 13.3. The zero-order valence-corrected chi connectivity index (χ0v) is 23.8. The Morgan fingerprint density at radius 1 is 1.30 bits per heavy atom. The standard InChI is InChI=1S/C26H34N6O3S2/c1-8-11-32-22(18-13-15-12-16(26(3,4)5)9-10-17(15)37-18)28-29-24(32)36-14(2)20(33)19-21(27)30(6)25(35)31(7)23(19)34/h8,13-14,16H,1,9-12,27H2,2-7H3. The molecule has 3 aromatic heterocycles. The quantitative estimate of drug-likeness (QED) is 0.275. The molecule has 0 aliphatic heterocycles. The van der Waals surface area contributed by atoms with Gasteiger partial charge >= 0.3 is 5.69 Å². The van der Waals surface area contributed by atoms with Crippen LogP contribution in [0, 0.1) is 11.3 Å². The molecule has 4 rings (SSSR count). The van der Waals surface area contributed by atoms with E-state index in [0.717, 1.165) is 32.7 Å². The molecule has 0 aromatic carbocycles. The van der Waals surface area contributed by atoms with Crippen molar-refractivity contribution in [1.82, 2.24) is 23.9 Å². The molecule has 198 valence electrons. The lowest BCUT2D eigenvalue weighted by atomic mass is 9.72. The van der Waals surface area contributed by atoms with E-state index in [4.69, 9.17) is 5.73 Å². The van der Waals surface area contributed by atoms with Gasteiger partial charge in [-0.2, -0.15) is 0 Å². The summed E-state index contributed by atoms with van der Waals surface area (Å²) in [7, 11) is 2.76. The van der Waals surface area contributed by atoms with E-state index in [2.05, 4.69) is 43.6 Å². The van der Waals surface area contributed by atoms with Gasteiger partial charge in [0.15, 0.2) is 16.8 Å². The Bertz CT molecular complexity index is 1490. The first-order chi connectivity index (χ1) is 17.3. The first kappa shape index (κ1) is 27.1. The van der Waals surface area contributed by atoms with E-state index >= 15 is 0 Å². The lowest BCUT2D eigenvalue weighted by Gasteiger charge is -2.33. The van der Waals surface area contributed by atoms with Crippen LogP contribution in [0.5, 0.6) is 0 Å². The van der Waals surface area contributed by atoms with Crippen LogP contribution >= 0.6 is 23.1 Å². The van der Waals surface area contributed by atoms with Gasteiger partial charge in [-0.15, -0.1) is 28.1 Å². The highest BCUT2D eigenvalue weighted by Crippen LogP contribution is 2.42. The summed E-state index contributed by atoms with van der Waals surface area (Å²) < 4.78 is 3.94. The predicted molar refractivity (Wildman–Crippen MR) is 149 cm³/mol. The molecule has 1 aliphatic rings. The van der Waals surface area contributed by atoms with Crippen LogP contribution in [0.4, 0.5) is 5.82 Å². The van der Waals surface area contributed by atoms with Crippen LogP contribution in [0.15, 0.2) is 33.5 Å². The van der Waals surface area contributed by atoms with E-state index in [0.29, 0.717) is 17.6 Å². The summed E-state index contributed by atoms with van der Waals surface area (Å²) in [6.07, 6.45) is 5.09. The maximum atomic E-state index is 13.3. The minimum atomic E-state index is -0.705.